The van der Waals surface area contributed by atoms with Crippen LogP contribution in [0.15, 0.2) is 48.5 Å². The number of hydrogen-bond donors (Lipinski definition) is 2. The van der Waals surface area contributed by atoms with Crippen LogP contribution in [0.3, 0.4) is 0 Å². The number of amides is 1. The molecule has 0 radical (unpaired) electrons. The van der Waals surface area contributed by atoms with Gasteiger partial charge in [0.15, 0.2) is 0 Å². The number of piperidine rings is 1. The molecule has 2 aromatic rings. The minimum atomic E-state index is 0. The van der Waals surface area contributed by atoms with Crippen LogP contribution in [0.25, 0.3) is 0 Å². The number of carbonyl (C=O) groups excluding carboxylic acids is 1. The molecule has 2 aromatic carbocycles. The van der Waals surface area contributed by atoms with E-state index in [1.165, 1.54) is 12.8 Å². The van der Waals surface area contributed by atoms with Crippen LogP contribution >= 0.6 is 12.4 Å². The Bertz CT molecular complexity index is 716. The molecule has 1 saturated heterocycles. The second-order valence-corrected chi connectivity index (χ2v) is 7.03. The van der Waals surface area contributed by atoms with E-state index in [0.717, 1.165) is 42.1 Å². The van der Waals surface area contributed by atoms with Crippen molar-refractivity contribution in [3.63, 3.8) is 0 Å². The number of benzene rings is 2. The summed E-state index contributed by atoms with van der Waals surface area (Å²) in [5, 5.41) is 6.40. The first kappa shape index (κ1) is 21.3. The molecule has 1 heterocycles. The number of halogens is 1. The van der Waals surface area contributed by atoms with Gasteiger partial charge in [0, 0.05) is 12.1 Å². The summed E-state index contributed by atoms with van der Waals surface area (Å²) >= 11 is 0. The summed E-state index contributed by atoms with van der Waals surface area (Å²) in [6.45, 7) is 4.70. The van der Waals surface area contributed by atoms with Crippen LogP contribution < -0.4 is 15.4 Å². The number of carbonyl (C=O) groups is 1. The van der Waals surface area contributed by atoms with E-state index in [1.807, 2.05) is 55.5 Å². The van der Waals surface area contributed by atoms with Crippen molar-refractivity contribution >= 4 is 24.0 Å². The highest BCUT2D eigenvalue weighted by molar-refractivity contribution is 5.91. The maximum absolute atomic E-state index is 12.2. The lowest BCUT2D eigenvalue weighted by Crippen LogP contribution is -2.28. The second-order valence-electron chi connectivity index (χ2n) is 7.03. The Morgan fingerprint density at radius 1 is 1.15 bits per heavy atom. The zero-order chi connectivity index (χ0) is 18.2. The number of rotatable bonds is 7. The third kappa shape index (κ3) is 6.89. The summed E-state index contributed by atoms with van der Waals surface area (Å²) in [5.41, 5.74) is 3.03. The lowest BCUT2D eigenvalue weighted by atomic mass is 9.93. The van der Waals surface area contributed by atoms with Crippen LogP contribution in [0.5, 0.6) is 5.75 Å². The molecule has 4 nitrogen and oxygen atoms in total. The summed E-state index contributed by atoms with van der Waals surface area (Å²) < 4.78 is 5.84. The van der Waals surface area contributed by atoms with Gasteiger partial charge in [-0.25, -0.2) is 0 Å². The molecule has 1 amide bonds. The van der Waals surface area contributed by atoms with Crippen molar-refractivity contribution in [2.24, 2.45) is 5.92 Å². The van der Waals surface area contributed by atoms with Crippen LogP contribution in [-0.2, 0) is 11.4 Å². The third-order valence-corrected chi connectivity index (χ3v) is 4.96. The topological polar surface area (TPSA) is 50.4 Å². The van der Waals surface area contributed by atoms with Gasteiger partial charge < -0.3 is 15.4 Å². The maximum atomic E-state index is 12.2. The minimum absolute atomic E-state index is 0. The molecule has 1 aliphatic rings. The minimum Gasteiger partial charge on any atom is -0.489 e. The molecule has 0 spiro atoms. The fraction of sp³-hybridized carbons (Fsp3) is 0.409. The molecule has 3 rings (SSSR count). The molecular weight excluding hydrogens is 360 g/mol. The molecule has 0 saturated carbocycles. The van der Waals surface area contributed by atoms with Crippen LogP contribution in [0.4, 0.5) is 5.69 Å². The normalized spacial score (nSPS) is 14.3. The quantitative estimate of drug-likeness (QED) is 0.721. The average Bonchev–Trinajstić information content (AvgIpc) is 2.68. The molecule has 1 fully saturated rings. The van der Waals surface area contributed by atoms with E-state index in [0.29, 0.717) is 18.9 Å². The van der Waals surface area contributed by atoms with Crippen LogP contribution in [0.2, 0.25) is 0 Å². The fourth-order valence-electron chi connectivity index (χ4n) is 3.33. The van der Waals surface area contributed by atoms with Crippen molar-refractivity contribution in [2.45, 2.75) is 39.2 Å². The van der Waals surface area contributed by atoms with Crippen molar-refractivity contribution < 1.29 is 9.53 Å². The zero-order valence-electron chi connectivity index (χ0n) is 15.9. The van der Waals surface area contributed by atoms with Gasteiger partial charge in [0.05, 0.1) is 0 Å². The van der Waals surface area contributed by atoms with E-state index in [4.69, 9.17) is 4.74 Å². The Morgan fingerprint density at radius 3 is 2.59 bits per heavy atom. The predicted octanol–water partition coefficient (Wildman–Crippen LogP) is 4.71. The second kappa shape index (κ2) is 11.0. The fourth-order valence-corrected chi connectivity index (χ4v) is 3.33. The predicted molar refractivity (Wildman–Crippen MR) is 113 cm³/mol. The van der Waals surface area contributed by atoms with Gasteiger partial charge in [-0.05, 0) is 74.5 Å². The molecule has 0 unspecified atom stereocenters. The molecule has 0 atom stereocenters. The number of ether oxygens (including phenoxy) is 1. The van der Waals surface area contributed by atoms with Gasteiger partial charge in [-0.2, -0.15) is 0 Å². The Balaban J connectivity index is 0.00000261. The first-order valence-electron chi connectivity index (χ1n) is 9.48. The summed E-state index contributed by atoms with van der Waals surface area (Å²) in [6, 6.07) is 15.9. The number of aryl methyl sites for hydroxylation is 1. The Morgan fingerprint density at radius 2 is 1.89 bits per heavy atom. The molecule has 0 bridgehead atoms. The van der Waals surface area contributed by atoms with E-state index < -0.39 is 0 Å². The van der Waals surface area contributed by atoms with Gasteiger partial charge in [0.1, 0.15) is 12.4 Å². The van der Waals surface area contributed by atoms with Gasteiger partial charge in [-0.3, -0.25) is 4.79 Å². The Labute approximate surface area is 168 Å². The maximum Gasteiger partial charge on any atom is 0.224 e. The number of hydrogen-bond acceptors (Lipinski definition) is 3. The van der Waals surface area contributed by atoms with Crippen LogP contribution in [0.1, 0.15) is 36.8 Å². The van der Waals surface area contributed by atoms with Crippen molar-refractivity contribution in [3.8, 4) is 5.75 Å². The number of anilines is 1. The van der Waals surface area contributed by atoms with Gasteiger partial charge in [0.2, 0.25) is 5.91 Å². The van der Waals surface area contributed by atoms with Crippen molar-refractivity contribution in [1.29, 1.82) is 0 Å². The van der Waals surface area contributed by atoms with Gasteiger partial charge >= 0.3 is 0 Å². The van der Waals surface area contributed by atoms with E-state index in [2.05, 4.69) is 10.6 Å². The summed E-state index contributed by atoms with van der Waals surface area (Å²) in [5.74, 6) is 1.60. The molecule has 146 valence electrons. The first-order chi connectivity index (χ1) is 12.7. The van der Waals surface area contributed by atoms with Crippen LogP contribution in [0, 0.1) is 12.8 Å². The zero-order valence-corrected chi connectivity index (χ0v) is 16.7. The third-order valence-electron chi connectivity index (χ3n) is 4.96. The first-order valence-corrected chi connectivity index (χ1v) is 9.48. The Kier molecular flexibility index (Phi) is 8.62. The smallest absolute Gasteiger partial charge is 0.224 e. The lowest BCUT2D eigenvalue weighted by molar-refractivity contribution is -0.116. The van der Waals surface area contributed by atoms with Crippen molar-refractivity contribution in [1.82, 2.24) is 5.32 Å². The molecule has 0 aliphatic carbocycles. The molecular formula is C22H29ClN2O2. The van der Waals surface area contributed by atoms with Gasteiger partial charge in [0.25, 0.3) is 0 Å². The van der Waals surface area contributed by atoms with E-state index in [1.54, 1.807) is 0 Å². The molecule has 27 heavy (non-hydrogen) atoms. The molecule has 0 aromatic heterocycles. The van der Waals surface area contributed by atoms with Gasteiger partial charge in [-0.1, -0.05) is 30.3 Å². The van der Waals surface area contributed by atoms with E-state index >= 15 is 0 Å². The monoisotopic (exact) mass is 388 g/mol. The highest BCUT2D eigenvalue weighted by Gasteiger charge is 2.15. The molecule has 1 aliphatic heterocycles. The summed E-state index contributed by atoms with van der Waals surface area (Å²) in [6.07, 6.45) is 3.93. The average molecular weight is 389 g/mol. The van der Waals surface area contributed by atoms with E-state index in [-0.39, 0.29) is 18.3 Å². The molecule has 2 N–H and O–H groups in total. The highest BCUT2D eigenvalue weighted by Crippen LogP contribution is 2.23. The number of nitrogens with one attached hydrogen (secondary N) is 2. The summed E-state index contributed by atoms with van der Waals surface area (Å²) in [4.78, 5) is 12.2. The van der Waals surface area contributed by atoms with Crippen molar-refractivity contribution in [3.05, 3.63) is 59.7 Å². The van der Waals surface area contributed by atoms with Crippen LogP contribution in [-0.4, -0.2) is 19.0 Å². The highest BCUT2D eigenvalue weighted by atomic mass is 35.5. The van der Waals surface area contributed by atoms with Crippen molar-refractivity contribution in [2.75, 3.05) is 18.4 Å². The largest absolute Gasteiger partial charge is 0.489 e. The van der Waals surface area contributed by atoms with Gasteiger partial charge in [-0.15, -0.1) is 12.4 Å². The summed E-state index contributed by atoms with van der Waals surface area (Å²) in [7, 11) is 0. The Hall–Kier alpha value is -2.04. The SMILES string of the molecule is Cc1cc(OCc2ccccc2)ccc1NC(=O)CCC1CCNCC1.Cl. The standard InChI is InChI=1S/C22H28N2O2.ClH/c1-17-15-20(26-16-19-5-3-2-4-6-19)8-9-21(17)24-22(25)10-7-18-11-13-23-14-12-18;/h2-6,8-9,15,18,23H,7,10-14,16H2,1H3,(H,24,25);1H. The lowest BCUT2D eigenvalue weighted by Gasteiger charge is -2.22. The molecule has 5 heteroatoms. The van der Waals surface area contributed by atoms with E-state index in [9.17, 15) is 4.79 Å².